The summed E-state index contributed by atoms with van der Waals surface area (Å²) < 4.78 is 55.3. The van der Waals surface area contributed by atoms with Crippen LogP contribution in [0.25, 0.3) is 0 Å². The molecule has 11 nitrogen and oxygen atoms in total. The summed E-state index contributed by atoms with van der Waals surface area (Å²) in [4.78, 5) is 11.9. The zero-order chi connectivity index (χ0) is 44.6. The standard InChI is InChI=1S/C51H102O11/c1-3-5-7-9-11-13-15-17-18-19-21-23-25-27-29-31-51(52)62-50-49-61-48-47-60-46-45-59-44-43-58-42-41-57-40-39-56-38-37-55-36-35-54-34-33-53-32-30-28-26-24-22-20-16-14-12-10-8-6-4-2/h3-50H2,1-2H3. The SMILES string of the molecule is CCCCCCCCCCCCCCCCCC(=O)OCCOCCOCCOCCOCCOCCOCCOCCOCCOCCCCCCCCCCCCCCC. The Bertz CT molecular complexity index is 806. The first-order valence-corrected chi connectivity index (χ1v) is 26.2. The molecule has 0 aliphatic rings. The van der Waals surface area contributed by atoms with E-state index in [0.717, 1.165) is 25.9 Å². The van der Waals surface area contributed by atoms with Crippen LogP contribution in [-0.2, 0) is 52.2 Å². The molecule has 0 saturated carbocycles. The third-order valence-electron chi connectivity index (χ3n) is 10.8. The summed E-state index contributed by atoms with van der Waals surface area (Å²) in [5.74, 6) is -0.125. The molecule has 11 heteroatoms. The number of ether oxygens (including phenoxy) is 10. The third kappa shape index (κ3) is 57.1. The minimum absolute atomic E-state index is 0.125. The molecule has 0 heterocycles. The largest absolute Gasteiger partial charge is 0.463 e. The van der Waals surface area contributed by atoms with E-state index in [-0.39, 0.29) is 5.97 Å². The van der Waals surface area contributed by atoms with Gasteiger partial charge in [-0.3, -0.25) is 4.79 Å². The van der Waals surface area contributed by atoms with Crippen LogP contribution in [0.2, 0.25) is 0 Å². The van der Waals surface area contributed by atoms with Crippen molar-refractivity contribution in [1.29, 1.82) is 0 Å². The molecule has 0 aromatic carbocycles. The maximum absolute atomic E-state index is 11.9. The van der Waals surface area contributed by atoms with E-state index in [1.165, 1.54) is 161 Å². The van der Waals surface area contributed by atoms with E-state index in [1.54, 1.807) is 0 Å². The second kappa shape index (κ2) is 58.1. The molecule has 0 fully saturated rings. The van der Waals surface area contributed by atoms with Crippen LogP contribution in [0.3, 0.4) is 0 Å². The fourth-order valence-electron chi connectivity index (χ4n) is 7.01. The van der Waals surface area contributed by atoms with Crippen LogP contribution in [0, 0.1) is 0 Å². The van der Waals surface area contributed by atoms with E-state index < -0.39 is 0 Å². The Balaban J connectivity index is 3.12. The number of carbonyl (C=O) groups is 1. The van der Waals surface area contributed by atoms with Gasteiger partial charge in [0.2, 0.25) is 0 Å². The van der Waals surface area contributed by atoms with E-state index in [4.69, 9.17) is 47.4 Å². The average molecular weight is 891 g/mol. The van der Waals surface area contributed by atoms with Crippen LogP contribution in [0.1, 0.15) is 200 Å². The number of unbranched alkanes of at least 4 members (excludes halogenated alkanes) is 26. The second-order valence-electron chi connectivity index (χ2n) is 16.7. The van der Waals surface area contributed by atoms with Gasteiger partial charge in [0.05, 0.1) is 112 Å². The van der Waals surface area contributed by atoms with Crippen LogP contribution in [0.15, 0.2) is 0 Å². The quantitative estimate of drug-likeness (QED) is 0.0430. The minimum Gasteiger partial charge on any atom is -0.463 e. The summed E-state index contributed by atoms with van der Waals surface area (Å²) in [7, 11) is 0. The first-order valence-electron chi connectivity index (χ1n) is 26.2. The lowest BCUT2D eigenvalue weighted by Gasteiger charge is -2.09. The molecule has 0 saturated heterocycles. The van der Waals surface area contributed by atoms with Gasteiger partial charge in [-0.25, -0.2) is 0 Å². The van der Waals surface area contributed by atoms with Gasteiger partial charge in [0.25, 0.3) is 0 Å². The average Bonchev–Trinajstić information content (AvgIpc) is 3.28. The number of rotatable bonds is 57. The Kier molecular flexibility index (Phi) is 57.3. The Labute approximate surface area is 382 Å². The highest BCUT2D eigenvalue weighted by Crippen LogP contribution is 2.15. The van der Waals surface area contributed by atoms with E-state index >= 15 is 0 Å². The number of carbonyl (C=O) groups excluding carboxylic acids is 1. The van der Waals surface area contributed by atoms with Crippen LogP contribution in [-0.4, -0.2) is 132 Å². The first-order chi connectivity index (χ1) is 30.8. The van der Waals surface area contributed by atoms with Gasteiger partial charge in [-0.05, 0) is 12.8 Å². The van der Waals surface area contributed by atoms with Crippen molar-refractivity contribution in [3.63, 3.8) is 0 Å². The van der Waals surface area contributed by atoms with Crippen LogP contribution in [0.4, 0.5) is 0 Å². The fraction of sp³-hybridized carbons (Fsp3) is 0.980. The molecule has 0 bridgehead atoms. The minimum atomic E-state index is -0.125. The first kappa shape index (κ1) is 61.1. The number of hydrogen-bond donors (Lipinski definition) is 0. The molecule has 0 aromatic heterocycles. The zero-order valence-electron chi connectivity index (χ0n) is 40.9. The molecule has 0 aromatic rings. The monoisotopic (exact) mass is 891 g/mol. The summed E-state index contributed by atoms with van der Waals surface area (Å²) in [5.41, 5.74) is 0. The van der Waals surface area contributed by atoms with Crippen molar-refractivity contribution in [2.45, 2.75) is 200 Å². The smallest absolute Gasteiger partial charge is 0.305 e. The molecule has 62 heavy (non-hydrogen) atoms. The predicted octanol–water partition coefficient (Wildman–Crippen LogP) is 12.0. The Morgan fingerprint density at radius 1 is 0.226 bits per heavy atom. The van der Waals surface area contributed by atoms with E-state index in [2.05, 4.69) is 13.8 Å². The molecule has 0 atom stereocenters. The topological polar surface area (TPSA) is 109 Å². The van der Waals surface area contributed by atoms with Gasteiger partial charge < -0.3 is 47.4 Å². The molecule has 0 N–H and O–H groups in total. The summed E-state index contributed by atoms with van der Waals surface area (Å²) in [6.45, 7) is 14.6. The lowest BCUT2D eigenvalue weighted by atomic mass is 10.0. The fourth-order valence-corrected chi connectivity index (χ4v) is 7.01. The van der Waals surface area contributed by atoms with Crippen molar-refractivity contribution in [3.8, 4) is 0 Å². The highest BCUT2D eigenvalue weighted by Gasteiger charge is 2.03. The Morgan fingerprint density at radius 2 is 0.419 bits per heavy atom. The molecule has 372 valence electrons. The van der Waals surface area contributed by atoms with Crippen molar-refractivity contribution >= 4 is 5.97 Å². The number of esters is 1. The van der Waals surface area contributed by atoms with Crippen molar-refractivity contribution in [2.24, 2.45) is 0 Å². The highest BCUT2D eigenvalue weighted by atomic mass is 16.6. The Hall–Kier alpha value is -0.890. The Morgan fingerprint density at radius 3 is 0.677 bits per heavy atom. The van der Waals surface area contributed by atoms with Gasteiger partial charge in [0, 0.05) is 13.0 Å². The molecular formula is C51H102O11. The molecule has 0 aliphatic heterocycles. The van der Waals surface area contributed by atoms with Crippen molar-refractivity contribution in [1.82, 2.24) is 0 Å². The van der Waals surface area contributed by atoms with E-state index in [1.807, 2.05) is 0 Å². The summed E-state index contributed by atoms with van der Waals surface area (Å²) in [6.07, 6.45) is 38.0. The maximum atomic E-state index is 11.9. The molecule has 0 aliphatic carbocycles. The van der Waals surface area contributed by atoms with Gasteiger partial charge in [-0.2, -0.15) is 0 Å². The normalized spacial score (nSPS) is 11.6. The van der Waals surface area contributed by atoms with Gasteiger partial charge in [-0.1, -0.05) is 181 Å². The van der Waals surface area contributed by atoms with E-state index in [0.29, 0.717) is 125 Å². The van der Waals surface area contributed by atoms with Crippen molar-refractivity contribution in [2.75, 3.05) is 126 Å². The molecule has 0 amide bonds. The van der Waals surface area contributed by atoms with Gasteiger partial charge >= 0.3 is 5.97 Å². The molecule has 0 radical (unpaired) electrons. The predicted molar refractivity (Wildman–Crippen MR) is 254 cm³/mol. The highest BCUT2D eigenvalue weighted by molar-refractivity contribution is 5.69. The van der Waals surface area contributed by atoms with Crippen molar-refractivity contribution in [3.05, 3.63) is 0 Å². The van der Waals surface area contributed by atoms with Gasteiger partial charge in [0.1, 0.15) is 6.61 Å². The lowest BCUT2D eigenvalue weighted by Crippen LogP contribution is -2.15. The molecule has 0 rings (SSSR count). The van der Waals surface area contributed by atoms with Gasteiger partial charge in [0.15, 0.2) is 0 Å². The van der Waals surface area contributed by atoms with Crippen LogP contribution < -0.4 is 0 Å². The summed E-state index contributed by atoms with van der Waals surface area (Å²) in [5, 5.41) is 0. The van der Waals surface area contributed by atoms with Gasteiger partial charge in [-0.15, -0.1) is 0 Å². The van der Waals surface area contributed by atoms with Crippen LogP contribution >= 0.6 is 0 Å². The summed E-state index contributed by atoms with van der Waals surface area (Å²) >= 11 is 0. The lowest BCUT2D eigenvalue weighted by molar-refractivity contribution is -0.145. The third-order valence-corrected chi connectivity index (χ3v) is 10.8. The zero-order valence-corrected chi connectivity index (χ0v) is 40.9. The maximum Gasteiger partial charge on any atom is 0.305 e. The molecule has 0 unspecified atom stereocenters. The van der Waals surface area contributed by atoms with E-state index in [9.17, 15) is 4.79 Å². The summed E-state index contributed by atoms with van der Waals surface area (Å²) in [6, 6.07) is 0. The number of hydrogen-bond acceptors (Lipinski definition) is 11. The second-order valence-corrected chi connectivity index (χ2v) is 16.7. The van der Waals surface area contributed by atoms with Crippen molar-refractivity contribution < 1.29 is 52.2 Å². The molecular weight excluding hydrogens is 789 g/mol. The molecule has 0 spiro atoms. The van der Waals surface area contributed by atoms with Crippen LogP contribution in [0.5, 0.6) is 0 Å².